The molecule has 0 spiro atoms. The Kier molecular flexibility index (Phi) is 7.33. The van der Waals surface area contributed by atoms with E-state index >= 15 is 0 Å². The monoisotopic (exact) mass is 367 g/mol. The first-order valence-electron chi connectivity index (χ1n) is 9.77. The van der Waals surface area contributed by atoms with Crippen LogP contribution in [0, 0.1) is 0 Å². The SMILES string of the molecule is CCNC(=NCC1Cc2ccccc2O1)NCCCCNc1ccccn1. The van der Waals surface area contributed by atoms with E-state index in [2.05, 4.69) is 45.0 Å². The average molecular weight is 367 g/mol. The predicted molar refractivity (Wildman–Crippen MR) is 111 cm³/mol. The number of hydrogen-bond donors (Lipinski definition) is 3. The van der Waals surface area contributed by atoms with E-state index in [4.69, 9.17) is 4.74 Å². The molecule has 0 fully saturated rings. The fourth-order valence-corrected chi connectivity index (χ4v) is 3.03. The predicted octanol–water partition coefficient (Wildman–Crippen LogP) is 2.83. The molecule has 144 valence electrons. The van der Waals surface area contributed by atoms with Crippen LogP contribution in [0.4, 0.5) is 5.82 Å². The van der Waals surface area contributed by atoms with Gasteiger partial charge in [-0.25, -0.2) is 9.98 Å². The first-order chi connectivity index (χ1) is 13.3. The zero-order valence-electron chi connectivity index (χ0n) is 15.9. The van der Waals surface area contributed by atoms with Crippen molar-refractivity contribution in [3.8, 4) is 5.75 Å². The smallest absolute Gasteiger partial charge is 0.191 e. The molecule has 0 aliphatic carbocycles. The molecule has 1 aliphatic heterocycles. The summed E-state index contributed by atoms with van der Waals surface area (Å²) in [4.78, 5) is 8.95. The summed E-state index contributed by atoms with van der Waals surface area (Å²) in [6, 6.07) is 14.1. The molecule has 0 bridgehead atoms. The summed E-state index contributed by atoms with van der Waals surface area (Å²) >= 11 is 0. The number of benzene rings is 1. The number of unbranched alkanes of at least 4 members (excludes halogenated alkanes) is 1. The highest BCUT2D eigenvalue weighted by molar-refractivity contribution is 5.79. The second-order valence-corrected chi connectivity index (χ2v) is 6.55. The number of rotatable bonds is 9. The van der Waals surface area contributed by atoms with Crippen LogP contribution in [0.1, 0.15) is 25.3 Å². The molecule has 3 rings (SSSR count). The van der Waals surface area contributed by atoms with Crippen LogP contribution in [0.3, 0.4) is 0 Å². The number of nitrogens with one attached hydrogen (secondary N) is 3. The average Bonchev–Trinajstić information content (AvgIpc) is 3.12. The molecule has 1 unspecified atom stereocenters. The van der Waals surface area contributed by atoms with Crippen molar-refractivity contribution >= 4 is 11.8 Å². The number of pyridine rings is 1. The van der Waals surface area contributed by atoms with Gasteiger partial charge >= 0.3 is 0 Å². The van der Waals surface area contributed by atoms with E-state index in [1.54, 1.807) is 6.20 Å². The Labute approximate surface area is 161 Å². The maximum atomic E-state index is 5.96. The van der Waals surface area contributed by atoms with Crippen molar-refractivity contribution in [3.63, 3.8) is 0 Å². The minimum atomic E-state index is 0.125. The van der Waals surface area contributed by atoms with Crippen LogP contribution < -0.4 is 20.7 Å². The van der Waals surface area contributed by atoms with E-state index in [-0.39, 0.29) is 6.10 Å². The lowest BCUT2D eigenvalue weighted by molar-refractivity contribution is 0.241. The number of anilines is 1. The molecule has 0 radical (unpaired) electrons. The largest absolute Gasteiger partial charge is 0.488 e. The molecule has 0 saturated carbocycles. The Morgan fingerprint density at radius 2 is 1.96 bits per heavy atom. The fraction of sp³-hybridized carbons (Fsp3) is 0.429. The van der Waals surface area contributed by atoms with Crippen LogP contribution in [0.5, 0.6) is 5.75 Å². The summed E-state index contributed by atoms with van der Waals surface area (Å²) in [5, 5.41) is 10.0. The highest BCUT2D eigenvalue weighted by atomic mass is 16.5. The summed E-state index contributed by atoms with van der Waals surface area (Å²) in [6.45, 7) is 5.39. The number of hydrogen-bond acceptors (Lipinski definition) is 4. The zero-order valence-corrected chi connectivity index (χ0v) is 15.9. The van der Waals surface area contributed by atoms with E-state index in [9.17, 15) is 0 Å². The summed E-state index contributed by atoms with van der Waals surface area (Å²) in [6.07, 6.45) is 4.99. The van der Waals surface area contributed by atoms with Gasteiger partial charge in [-0.1, -0.05) is 24.3 Å². The molecule has 6 nitrogen and oxygen atoms in total. The van der Waals surface area contributed by atoms with Crippen LogP contribution in [-0.4, -0.2) is 43.2 Å². The van der Waals surface area contributed by atoms with E-state index in [0.29, 0.717) is 6.54 Å². The number of ether oxygens (including phenoxy) is 1. The fourth-order valence-electron chi connectivity index (χ4n) is 3.03. The van der Waals surface area contributed by atoms with Crippen LogP contribution in [-0.2, 0) is 6.42 Å². The lowest BCUT2D eigenvalue weighted by Gasteiger charge is -2.13. The first kappa shape index (κ1) is 19.0. The van der Waals surface area contributed by atoms with Crippen molar-refractivity contribution < 1.29 is 4.74 Å². The second-order valence-electron chi connectivity index (χ2n) is 6.55. The Morgan fingerprint density at radius 1 is 1.11 bits per heavy atom. The quantitative estimate of drug-likeness (QED) is 0.361. The third kappa shape index (κ3) is 6.16. The standard InChI is InChI=1S/C21H29N5O/c1-2-22-21(25-14-8-7-13-24-20-11-5-6-12-23-20)26-16-18-15-17-9-3-4-10-19(17)27-18/h3-6,9-12,18H,2,7-8,13-16H2,1H3,(H,23,24)(H2,22,25,26). The van der Waals surface area contributed by atoms with Gasteiger partial charge in [0.05, 0.1) is 6.54 Å². The summed E-state index contributed by atoms with van der Waals surface area (Å²) in [5.74, 6) is 2.78. The van der Waals surface area contributed by atoms with Crippen LogP contribution in [0.25, 0.3) is 0 Å². The van der Waals surface area contributed by atoms with Crippen LogP contribution in [0.15, 0.2) is 53.7 Å². The lowest BCUT2D eigenvalue weighted by Crippen LogP contribution is -2.38. The Bertz CT molecular complexity index is 695. The molecule has 1 aromatic carbocycles. The highest BCUT2D eigenvalue weighted by Crippen LogP contribution is 2.28. The highest BCUT2D eigenvalue weighted by Gasteiger charge is 2.21. The number of nitrogens with zero attached hydrogens (tertiary/aromatic N) is 2. The molecule has 0 amide bonds. The van der Waals surface area contributed by atoms with Crippen molar-refractivity contribution in [3.05, 3.63) is 54.2 Å². The van der Waals surface area contributed by atoms with Crippen molar-refractivity contribution in [1.82, 2.24) is 15.6 Å². The van der Waals surface area contributed by atoms with Crippen molar-refractivity contribution in [2.45, 2.75) is 32.3 Å². The molecular formula is C21H29N5O. The maximum absolute atomic E-state index is 5.96. The first-order valence-corrected chi connectivity index (χ1v) is 9.77. The number of para-hydroxylation sites is 1. The molecule has 1 atom stereocenters. The summed E-state index contributed by atoms with van der Waals surface area (Å²) < 4.78 is 5.96. The molecule has 0 saturated heterocycles. The lowest BCUT2D eigenvalue weighted by atomic mass is 10.1. The Hall–Kier alpha value is -2.76. The van der Waals surface area contributed by atoms with Gasteiger partial charge in [0.15, 0.2) is 5.96 Å². The Balaban J connectivity index is 1.34. The van der Waals surface area contributed by atoms with Crippen molar-refractivity contribution in [2.75, 3.05) is 31.5 Å². The zero-order chi connectivity index (χ0) is 18.7. The minimum absolute atomic E-state index is 0.125. The van der Waals surface area contributed by atoms with E-state index in [1.165, 1.54) is 5.56 Å². The molecule has 1 aliphatic rings. The van der Waals surface area contributed by atoms with E-state index in [0.717, 1.165) is 56.4 Å². The molecule has 1 aromatic heterocycles. The maximum Gasteiger partial charge on any atom is 0.191 e. The van der Waals surface area contributed by atoms with Gasteiger partial charge in [-0.05, 0) is 43.5 Å². The molecule has 27 heavy (non-hydrogen) atoms. The topological polar surface area (TPSA) is 70.6 Å². The van der Waals surface area contributed by atoms with Crippen LogP contribution in [0.2, 0.25) is 0 Å². The Morgan fingerprint density at radius 3 is 2.78 bits per heavy atom. The van der Waals surface area contributed by atoms with Crippen molar-refractivity contribution in [2.24, 2.45) is 4.99 Å². The number of fused-ring (bicyclic) bond motifs is 1. The molecule has 3 N–H and O–H groups in total. The van der Waals surface area contributed by atoms with Gasteiger partial charge in [-0.3, -0.25) is 0 Å². The summed E-state index contributed by atoms with van der Waals surface area (Å²) in [5.41, 5.74) is 1.27. The second kappa shape index (κ2) is 10.4. The molecule has 2 aromatic rings. The van der Waals surface area contributed by atoms with Gasteiger partial charge < -0.3 is 20.7 Å². The van der Waals surface area contributed by atoms with Gasteiger partial charge in [-0.2, -0.15) is 0 Å². The minimum Gasteiger partial charge on any atom is -0.488 e. The van der Waals surface area contributed by atoms with Gasteiger partial charge in [0.1, 0.15) is 17.7 Å². The van der Waals surface area contributed by atoms with Gasteiger partial charge in [-0.15, -0.1) is 0 Å². The van der Waals surface area contributed by atoms with Crippen LogP contribution >= 0.6 is 0 Å². The number of guanidine groups is 1. The van der Waals surface area contributed by atoms with Gasteiger partial charge in [0.25, 0.3) is 0 Å². The van der Waals surface area contributed by atoms with Crippen molar-refractivity contribution in [1.29, 1.82) is 0 Å². The third-order valence-electron chi connectivity index (χ3n) is 4.38. The van der Waals surface area contributed by atoms with E-state index in [1.807, 2.05) is 30.3 Å². The number of aliphatic imine (C=N–C) groups is 1. The van der Waals surface area contributed by atoms with E-state index < -0.39 is 0 Å². The summed E-state index contributed by atoms with van der Waals surface area (Å²) in [7, 11) is 0. The molecule has 2 heterocycles. The molecule has 6 heteroatoms. The molecular weight excluding hydrogens is 338 g/mol. The normalized spacial score (nSPS) is 15.7. The van der Waals surface area contributed by atoms with Gasteiger partial charge in [0.2, 0.25) is 0 Å². The third-order valence-corrected chi connectivity index (χ3v) is 4.38. The van der Waals surface area contributed by atoms with Gasteiger partial charge in [0, 0.05) is 32.3 Å². The number of aromatic nitrogens is 1.